The predicted octanol–water partition coefficient (Wildman–Crippen LogP) is 5.89. The van der Waals surface area contributed by atoms with Crippen LogP contribution in [0.15, 0.2) is 43.1 Å². The van der Waals surface area contributed by atoms with Gasteiger partial charge in [-0.15, -0.1) is 0 Å². The van der Waals surface area contributed by atoms with E-state index in [1.54, 1.807) is 6.20 Å². The lowest BCUT2D eigenvalue weighted by atomic mass is 9.92. The second-order valence-corrected chi connectivity index (χ2v) is 6.32. The average molecular weight is 310 g/mol. The third-order valence-corrected chi connectivity index (χ3v) is 4.90. The molecule has 0 N–H and O–H groups in total. The molecular weight excluding hydrogens is 290 g/mol. The molecule has 0 saturated carbocycles. The molecule has 0 saturated heterocycles. The van der Waals surface area contributed by atoms with Crippen LogP contribution >= 0.6 is 11.6 Å². The molecule has 1 aromatic carbocycles. The Labute approximate surface area is 137 Å². The van der Waals surface area contributed by atoms with Gasteiger partial charge >= 0.3 is 0 Å². The van der Waals surface area contributed by atoms with Crippen LogP contribution in [0.5, 0.6) is 0 Å². The fourth-order valence-corrected chi connectivity index (χ4v) is 3.02. The summed E-state index contributed by atoms with van der Waals surface area (Å²) in [5.41, 5.74) is 7.07. The Balaban J connectivity index is 1.84. The Morgan fingerprint density at radius 1 is 1.27 bits per heavy atom. The van der Waals surface area contributed by atoms with E-state index in [-0.39, 0.29) is 0 Å². The molecule has 0 bridgehead atoms. The first-order valence-corrected chi connectivity index (χ1v) is 8.11. The summed E-state index contributed by atoms with van der Waals surface area (Å²) in [4.78, 5) is 4.40. The Hall–Kier alpha value is -1.86. The van der Waals surface area contributed by atoms with Crippen LogP contribution in [0.2, 0.25) is 5.02 Å². The number of hydrogen-bond donors (Lipinski definition) is 0. The van der Waals surface area contributed by atoms with Crippen molar-refractivity contribution in [2.45, 2.75) is 26.7 Å². The first kappa shape index (κ1) is 15.1. The fraction of sp³-hybridized carbons (Fsp3) is 0.250. The second-order valence-electron chi connectivity index (χ2n) is 5.91. The molecule has 112 valence electrons. The lowest BCUT2D eigenvalue weighted by Gasteiger charge is -2.13. The van der Waals surface area contributed by atoms with E-state index < -0.39 is 0 Å². The quantitative estimate of drug-likeness (QED) is 0.686. The van der Waals surface area contributed by atoms with Gasteiger partial charge in [-0.2, -0.15) is 0 Å². The molecule has 0 radical (unpaired) electrons. The Morgan fingerprint density at radius 3 is 2.64 bits per heavy atom. The van der Waals surface area contributed by atoms with Crippen LogP contribution in [-0.2, 0) is 6.42 Å². The molecule has 0 fully saturated rings. The van der Waals surface area contributed by atoms with Crippen molar-refractivity contribution in [2.75, 3.05) is 0 Å². The molecule has 1 atom stereocenters. The Kier molecular flexibility index (Phi) is 4.17. The molecule has 3 rings (SSSR count). The van der Waals surface area contributed by atoms with Crippen molar-refractivity contribution in [3.63, 3.8) is 0 Å². The van der Waals surface area contributed by atoms with Gasteiger partial charge in [-0.25, -0.2) is 0 Å². The third kappa shape index (κ3) is 2.74. The predicted molar refractivity (Wildman–Crippen MR) is 95.8 cm³/mol. The number of fused-ring (bicyclic) bond motifs is 1. The zero-order valence-electron chi connectivity index (χ0n) is 13.1. The third-order valence-electron chi connectivity index (χ3n) is 4.54. The summed E-state index contributed by atoms with van der Waals surface area (Å²) in [6.45, 7) is 8.64. The van der Waals surface area contributed by atoms with Crippen molar-refractivity contribution in [3.05, 3.63) is 70.5 Å². The van der Waals surface area contributed by atoms with Gasteiger partial charge in [0.05, 0.1) is 5.69 Å². The smallest absolute Gasteiger partial charge is 0.0682 e. The molecule has 0 aliphatic heterocycles. The van der Waals surface area contributed by atoms with Gasteiger partial charge in [0, 0.05) is 23.2 Å². The second kappa shape index (κ2) is 6.10. The van der Waals surface area contributed by atoms with E-state index in [2.05, 4.69) is 55.8 Å². The highest BCUT2D eigenvalue weighted by atomic mass is 35.5. The lowest BCUT2D eigenvalue weighted by molar-refractivity contribution is 0.719. The number of pyridine rings is 1. The maximum absolute atomic E-state index is 6.26. The van der Waals surface area contributed by atoms with Crippen molar-refractivity contribution in [1.82, 2.24) is 4.98 Å². The summed E-state index contributed by atoms with van der Waals surface area (Å²) < 4.78 is 0. The minimum atomic E-state index is 0.517. The van der Waals surface area contributed by atoms with Gasteiger partial charge < -0.3 is 0 Å². The molecule has 2 heteroatoms. The average Bonchev–Trinajstić information content (AvgIpc) is 2.99. The van der Waals surface area contributed by atoms with E-state index in [1.807, 2.05) is 6.07 Å². The summed E-state index contributed by atoms with van der Waals surface area (Å²) in [7, 11) is 0. The van der Waals surface area contributed by atoms with E-state index in [0.29, 0.717) is 5.92 Å². The summed E-state index contributed by atoms with van der Waals surface area (Å²) in [6, 6.07) is 10.5. The van der Waals surface area contributed by atoms with E-state index in [0.717, 1.165) is 29.1 Å². The molecule has 0 spiro atoms. The van der Waals surface area contributed by atoms with Crippen LogP contribution in [0, 0.1) is 5.92 Å². The Morgan fingerprint density at radius 2 is 2.00 bits per heavy atom. The number of benzene rings is 1. The molecule has 0 unspecified atom stereocenters. The lowest BCUT2D eigenvalue weighted by Crippen LogP contribution is -1.96. The van der Waals surface area contributed by atoms with Gasteiger partial charge in [0.2, 0.25) is 0 Å². The maximum Gasteiger partial charge on any atom is 0.0682 e. The molecule has 22 heavy (non-hydrogen) atoms. The van der Waals surface area contributed by atoms with Gasteiger partial charge in [-0.05, 0) is 46.8 Å². The summed E-state index contributed by atoms with van der Waals surface area (Å²) >= 11 is 6.26. The monoisotopic (exact) mass is 309 g/mol. The number of nitrogens with zero attached hydrogens (tertiary/aromatic N) is 1. The maximum atomic E-state index is 6.26. The molecule has 1 heterocycles. The first-order valence-electron chi connectivity index (χ1n) is 7.73. The fourth-order valence-electron chi connectivity index (χ4n) is 2.80. The molecule has 1 aliphatic carbocycles. The SMILES string of the molecule is C=C(c1ccc(C2=Cc3nccc(Cl)c3C2)cc1)[C@H](C)CC. The molecule has 1 aromatic heterocycles. The van der Waals surface area contributed by atoms with Crippen LogP contribution in [0.4, 0.5) is 0 Å². The van der Waals surface area contributed by atoms with Crippen molar-refractivity contribution in [1.29, 1.82) is 0 Å². The van der Waals surface area contributed by atoms with E-state index in [1.165, 1.54) is 22.3 Å². The van der Waals surface area contributed by atoms with Gasteiger partial charge in [0.25, 0.3) is 0 Å². The first-order chi connectivity index (χ1) is 10.6. The minimum absolute atomic E-state index is 0.517. The van der Waals surface area contributed by atoms with Crippen molar-refractivity contribution in [3.8, 4) is 0 Å². The van der Waals surface area contributed by atoms with E-state index in [4.69, 9.17) is 11.6 Å². The highest BCUT2D eigenvalue weighted by Gasteiger charge is 2.18. The molecule has 1 aliphatic rings. The largest absolute Gasteiger partial charge is 0.256 e. The number of allylic oxidation sites excluding steroid dienone is 2. The van der Waals surface area contributed by atoms with Crippen molar-refractivity contribution >= 4 is 28.8 Å². The summed E-state index contributed by atoms with van der Waals surface area (Å²) in [5, 5.41) is 0.804. The number of hydrogen-bond acceptors (Lipinski definition) is 1. The van der Waals surface area contributed by atoms with Gasteiger partial charge in [-0.1, -0.05) is 56.3 Å². The summed E-state index contributed by atoms with van der Waals surface area (Å²) in [5.74, 6) is 0.517. The standard InChI is InChI=1S/C20H20ClN/c1-4-13(2)14(3)15-5-7-16(8-6-15)17-11-18-19(21)9-10-22-20(18)12-17/h5-10,12-13H,3-4,11H2,1-2H3/t13-/m1/s1. The van der Waals surface area contributed by atoms with Crippen LogP contribution in [0.3, 0.4) is 0 Å². The van der Waals surface area contributed by atoms with Gasteiger partial charge in [0.15, 0.2) is 0 Å². The topological polar surface area (TPSA) is 12.9 Å². The normalized spacial score (nSPS) is 14.4. The highest BCUT2D eigenvalue weighted by molar-refractivity contribution is 6.31. The Bertz CT molecular complexity index is 741. The minimum Gasteiger partial charge on any atom is -0.256 e. The summed E-state index contributed by atoms with van der Waals surface area (Å²) in [6.07, 6.45) is 5.87. The van der Waals surface area contributed by atoms with Crippen LogP contribution in [-0.4, -0.2) is 4.98 Å². The zero-order chi connectivity index (χ0) is 15.7. The zero-order valence-corrected chi connectivity index (χ0v) is 13.8. The molecule has 1 nitrogen and oxygen atoms in total. The van der Waals surface area contributed by atoms with E-state index >= 15 is 0 Å². The molecule has 0 amide bonds. The van der Waals surface area contributed by atoms with Gasteiger partial charge in [0.1, 0.15) is 0 Å². The number of aromatic nitrogens is 1. The number of halogens is 1. The van der Waals surface area contributed by atoms with Crippen LogP contribution in [0.25, 0.3) is 17.2 Å². The number of rotatable bonds is 4. The highest BCUT2D eigenvalue weighted by Crippen LogP contribution is 2.35. The van der Waals surface area contributed by atoms with Crippen LogP contribution in [0.1, 0.15) is 42.7 Å². The van der Waals surface area contributed by atoms with Crippen LogP contribution < -0.4 is 0 Å². The van der Waals surface area contributed by atoms with Crippen molar-refractivity contribution < 1.29 is 0 Å². The van der Waals surface area contributed by atoms with Crippen molar-refractivity contribution in [2.24, 2.45) is 5.92 Å². The molecular formula is C20H20ClN. The van der Waals surface area contributed by atoms with E-state index in [9.17, 15) is 0 Å². The molecule has 2 aromatic rings. The van der Waals surface area contributed by atoms with Gasteiger partial charge in [-0.3, -0.25) is 4.98 Å².